The van der Waals surface area contributed by atoms with Crippen LogP contribution in [0, 0.1) is 0 Å². The molecule has 84 valence electrons. The topological polar surface area (TPSA) is 16.6 Å². The Kier molecular flexibility index (Phi) is 5.33. The molecule has 0 unspecified atom stereocenters. The first-order valence-electron chi connectivity index (χ1n) is 4.97. The summed E-state index contributed by atoms with van der Waals surface area (Å²) < 4.78 is 0. The lowest BCUT2D eigenvalue weighted by atomic mass is 10.2. The van der Waals surface area contributed by atoms with Crippen LogP contribution in [0.4, 0.5) is 5.69 Å². The Morgan fingerprint density at radius 2 is 1.50 bits per heavy atom. The molecule has 16 heavy (non-hydrogen) atoms. The fourth-order valence-electron chi connectivity index (χ4n) is 1.45. The summed E-state index contributed by atoms with van der Waals surface area (Å²) in [6.45, 7) is 0.946. The van der Waals surface area contributed by atoms with E-state index in [0.29, 0.717) is 0 Å². The fourth-order valence-corrected chi connectivity index (χ4v) is 1.57. The van der Waals surface area contributed by atoms with Crippen LogP contribution in [0.3, 0.4) is 0 Å². The van der Waals surface area contributed by atoms with E-state index in [1.807, 2.05) is 30.3 Å². The van der Waals surface area contributed by atoms with E-state index in [4.69, 9.17) is 11.6 Å². The number of rotatable bonds is 3. The average molecular weight is 254 g/mol. The number of halogens is 2. The Bertz CT molecular complexity index is 412. The first kappa shape index (κ1) is 13.0. The van der Waals surface area contributed by atoms with Gasteiger partial charge in [0.25, 0.3) is 0 Å². The van der Waals surface area contributed by atoms with Crippen LogP contribution in [0.1, 0.15) is 5.56 Å². The third kappa shape index (κ3) is 3.86. The van der Waals surface area contributed by atoms with Gasteiger partial charge in [-0.05, 0) is 24.3 Å². The summed E-state index contributed by atoms with van der Waals surface area (Å²) in [4.78, 5) is 0. The molecule has 0 fully saturated rings. The number of para-hydroxylation sites is 1. The molecule has 2 aromatic rings. The lowest BCUT2D eigenvalue weighted by molar-refractivity contribution is -0.588. The van der Waals surface area contributed by atoms with Gasteiger partial charge >= 0.3 is 0 Å². The minimum absolute atomic E-state index is 0. The lowest BCUT2D eigenvalue weighted by Crippen LogP contribution is -3.00. The first-order chi connectivity index (χ1) is 7.34. The summed E-state index contributed by atoms with van der Waals surface area (Å²) in [5.74, 6) is 0. The van der Waals surface area contributed by atoms with Crippen LogP contribution in [0.25, 0.3) is 0 Å². The van der Waals surface area contributed by atoms with Crippen LogP contribution < -0.4 is 17.7 Å². The molecule has 2 aromatic carbocycles. The molecule has 0 aliphatic rings. The van der Waals surface area contributed by atoms with Crippen molar-refractivity contribution in [3.05, 3.63) is 65.2 Å². The Morgan fingerprint density at radius 3 is 2.12 bits per heavy atom. The molecule has 0 saturated carbocycles. The van der Waals surface area contributed by atoms with Crippen molar-refractivity contribution < 1.29 is 17.7 Å². The van der Waals surface area contributed by atoms with Gasteiger partial charge in [-0.15, -0.1) is 0 Å². The number of quaternary nitrogens is 1. The molecule has 0 bridgehead atoms. The van der Waals surface area contributed by atoms with Gasteiger partial charge in [-0.2, -0.15) is 0 Å². The molecule has 0 spiro atoms. The van der Waals surface area contributed by atoms with Crippen LogP contribution in [0.5, 0.6) is 0 Å². The van der Waals surface area contributed by atoms with Crippen molar-refractivity contribution in [2.45, 2.75) is 6.54 Å². The van der Waals surface area contributed by atoms with Crippen LogP contribution in [-0.4, -0.2) is 0 Å². The molecule has 0 radical (unpaired) electrons. The van der Waals surface area contributed by atoms with Gasteiger partial charge in [-0.3, -0.25) is 0 Å². The van der Waals surface area contributed by atoms with Crippen molar-refractivity contribution in [2.75, 3.05) is 0 Å². The van der Waals surface area contributed by atoms with Gasteiger partial charge in [0, 0.05) is 10.6 Å². The Balaban J connectivity index is 0.00000128. The van der Waals surface area contributed by atoms with Gasteiger partial charge in [0.2, 0.25) is 0 Å². The highest BCUT2D eigenvalue weighted by Crippen LogP contribution is 2.08. The second-order valence-electron chi connectivity index (χ2n) is 3.45. The van der Waals surface area contributed by atoms with Crippen molar-refractivity contribution >= 4 is 17.3 Å². The molecular weight excluding hydrogens is 241 g/mol. The van der Waals surface area contributed by atoms with Gasteiger partial charge in [0.15, 0.2) is 0 Å². The van der Waals surface area contributed by atoms with Gasteiger partial charge in [-0.25, -0.2) is 0 Å². The summed E-state index contributed by atoms with van der Waals surface area (Å²) >= 11 is 5.82. The predicted octanol–water partition coefficient (Wildman–Crippen LogP) is -0.261. The third-order valence-corrected chi connectivity index (χ3v) is 2.54. The maximum atomic E-state index is 5.82. The smallest absolute Gasteiger partial charge is 0.129 e. The van der Waals surface area contributed by atoms with E-state index < -0.39 is 0 Å². The molecule has 0 atom stereocenters. The molecule has 0 aliphatic heterocycles. The van der Waals surface area contributed by atoms with Gasteiger partial charge in [0.1, 0.15) is 12.2 Å². The lowest BCUT2D eigenvalue weighted by Gasteiger charge is -2.00. The van der Waals surface area contributed by atoms with Crippen LogP contribution >= 0.6 is 11.6 Å². The zero-order chi connectivity index (χ0) is 10.5. The summed E-state index contributed by atoms with van der Waals surface area (Å²) in [5, 5.41) is 3.00. The number of hydrogen-bond acceptors (Lipinski definition) is 0. The zero-order valence-electron chi connectivity index (χ0n) is 8.74. The second kappa shape index (κ2) is 6.54. The van der Waals surface area contributed by atoms with Crippen LogP contribution in [0.2, 0.25) is 5.02 Å². The number of hydrogen-bond donors (Lipinski definition) is 1. The average Bonchev–Trinajstić information content (AvgIpc) is 2.30. The van der Waals surface area contributed by atoms with Gasteiger partial charge in [-0.1, -0.05) is 41.9 Å². The molecule has 1 nitrogen and oxygen atoms in total. The quantitative estimate of drug-likeness (QED) is 0.727. The van der Waals surface area contributed by atoms with E-state index in [0.717, 1.165) is 11.6 Å². The summed E-state index contributed by atoms with van der Waals surface area (Å²) in [5.41, 5.74) is 2.54. The zero-order valence-corrected chi connectivity index (χ0v) is 10.2. The van der Waals surface area contributed by atoms with Crippen molar-refractivity contribution in [1.82, 2.24) is 0 Å². The van der Waals surface area contributed by atoms with E-state index in [1.165, 1.54) is 11.3 Å². The van der Waals surface area contributed by atoms with Gasteiger partial charge < -0.3 is 17.7 Å². The van der Waals surface area contributed by atoms with Crippen molar-refractivity contribution in [3.8, 4) is 0 Å². The maximum absolute atomic E-state index is 5.82. The highest BCUT2D eigenvalue weighted by molar-refractivity contribution is 6.30. The largest absolute Gasteiger partial charge is 1.00 e. The summed E-state index contributed by atoms with van der Waals surface area (Å²) in [6.07, 6.45) is 0. The van der Waals surface area contributed by atoms with Crippen molar-refractivity contribution in [1.29, 1.82) is 0 Å². The minimum atomic E-state index is 0. The monoisotopic (exact) mass is 253 g/mol. The fraction of sp³-hybridized carbons (Fsp3) is 0.0769. The van der Waals surface area contributed by atoms with Gasteiger partial charge in [0.05, 0.1) is 0 Å². The second-order valence-corrected chi connectivity index (χ2v) is 3.88. The summed E-state index contributed by atoms with van der Waals surface area (Å²) in [6, 6.07) is 18.3. The molecule has 0 amide bonds. The Morgan fingerprint density at radius 1 is 0.875 bits per heavy atom. The number of nitrogens with two attached hydrogens (primary N) is 1. The van der Waals surface area contributed by atoms with E-state index >= 15 is 0 Å². The van der Waals surface area contributed by atoms with Crippen molar-refractivity contribution in [2.24, 2.45) is 0 Å². The highest BCUT2D eigenvalue weighted by Gasteiger charge is 1.97. The Labute approximate surface area is 107 Å². The molecule has 3 heteroatoms. The predicted molar refractivity (Wildman–Crippen MR) is 63.2 cm³/mol. The molecule has 0 aliphatic carbocycles. The van der Waals surface area contributed by atoms with E-state index in [2.05, 4.69) is 29.6 Å². The summed E-state index contributed by atoms with van der Waals surface area (Å²) in [7, 11) is 0. The van der Waals surface area contributed by atoms with E-state index in [9.17, 15) is 0 Å². The normalized spacial score (nSPS) is 9.56. The van der Waals surface area contributed by atoms with E-state index in [-0.39, 0.29) is 12.4 Å². The molecule has 0 aromatic heterocycles. The first-order valence-corrected chi connectivity index (χ1v) is 5.35. The minimum Gasteiger partial charge on any atom is -1.00 e. The molecule has 0 heterocycles. The Hall–Kier alpha value is -1.02. The van der Waals surface area contributed by atoms with Crippen LogP contribution in [0.15, 0.2) is 54.6 Å². The van der Waals surface area contributed by atoms with E-state index in [1.54, 1.807) is 0 Å². The highest BCUT2D eigenvalue weighted by atomic mass is 35.5. The SMILES string of the molecule is Clc1ccc(C[NH2+]c2ccccc2)cc1.[Cl-]. The molecule has 2 N–H and O–H groups in total. The van der Waals surface area contributed by atoms with Crippen LogP contribution in [-0.2, 0) is 6.54 Å². The maximum Gasteiger partial charge on any atom is 0.129 e. The third-order valence-electron chi connectivity index (χ3n) is 2.29. The molecule has 0 saturated heterocycles. The number of benzene rings is 2. The molecule has 2 rings (SSSR count). The standard InChI is InChI=1S/C13H12ClN.ClH/c14-12-8-6-11(7-9-12)10-15-13-4-2-1-3-5-13;/h1-9,15H,10H2;1H. The molecular formula is C13H13Cl2N. The van der Waals surface area contributed by atoms with Crippen molar-refractivity contribution in [3.63, 3.8) is 0 Å².